The first kappa shape index (κ1) is 15.3. The molecule has 3 aromatic rings. The average Bonchev–Trinajstić information content (AvgIpc) is 2.51. The van der Waals surface area contributed by atoms with Crippen LogP contribution in [0.2, 0.25) is 5.15 Å². The van der Waals surface area contributed by atoms with Crippen LogP contribution < -0.4 is 5.56 Å². The highest BCUT2D eigenvalue weighted by molar-refractivity contribution is 9.10. The van der Waals surface area contributed by atoms with E-state index in [1.807, 2.05) is 54.6 Å². The molecule has 0 saturated carbocycles. The van der Waals surface area contributed by atoms with Gasteiger partial charge in [-0.15, -0.1) is 0 Å². The molecular formula is C16H10BrClN2OS. The first-order valence-corrected chi connectivity index (χ1v) is 8.40. The van der Waals surface area contributed by atoms with Gasteiger partial charge >= 0.3 is 0 Å². The van der Waals surface area contributed by atoms with Gasteiger partial charge in [0, 0.05) is 15.1 Å². The largest absolute Gasteiger partial charge is 0.288 e. The molecule has 0 fully saturated rings. The van der Waals surface area contributed by atoms with Crippen molar-refractivity contribution in [3.63, 3.8) is 0 Å². The van der Waals surface area contributed by atoms with E-state index in [2.05, 4.69) is 20.9 Å². The van der Waals surface area contributed by atoms with Crippen LogP contribution >= 0.6 is 39.3 Å². The Balaban J connectivity index is 2.08. The Morgan fingerprint density at radius 2 is 1.86 bits per heavy atom. The molecule has 2 aromatic carbocycles. The van der Waals surface area contributed by atoms with E-state index in [9.17, 15) is 4.79 Å². The molecule has 0 bridgehead atoms. The van der Waals surface area contributed by atoms with Gasteiger partial charge < -0.3 is 0 Å². The third-order valence-electron chi connectivity index (χ3n) is 2.89. The normalized spacial score (nSPS) is 10.6. The standard InChI is InChI=1S/C16H10BrClN2OS/c17-11-5-4-6-12(9-11)20-10-14(18)19-15(16(20)21)22-13-7-2-1-3-8-13/h1-10H. The first-order valence-electron chi connectivity index (χ1n) is 6.41. The van der Waals surface area contributed by atoms with Gasteiger partial charge in [-0.05, 0) is 30.3 Å². The van der Waals surface area contributed by atoms with E-state index in [0.717, 1.165) is 15.1 Å². The van der Waals surface area contributed by atoms with Crippen LogP contribution in [0, 0.1) is 0 Å². The van der Waals surface area contributed by atoms with Gasteiger partial charge in [0.1, 0.15) is 5.15 Å². The summed E-state index contributed by atoms with van der Waals surface area (Å²) < 4.78 is 2.40. The maximum Gasteiger partial charge on any atom is 0.288 e. The van der Waals surface area contributed by atoms with Crippen LogP contribution in [-0.2, 0) is 0 Å². The summed E-state index contributed by atoms with van der Waals surface area (Å²) in [5.74, 6) is 0. The van der Waals surface area contributed by atoms with Crippen molar-refractivity contribution >= 4 is 39.3 Å². The molecule has 0 amide bonds. The number of aromatic nitrogens is 2. The third-order valence-corrected chi connectivity index (χ3v) is 4.53. The van der Waals surface area contributed by atoms with Crippen LogP contribution in [0.1, 0.15) is 0 Å². The fraction of sp³-hybridized carbons (Fsp3) is 0. The molecule has 0 aliphatic heterocycles. The molecule has 1 aromatic heterocycles. The molecule has 0 spiro atoms. The average molecular weight is 394 g/mol. The molecule has 0 N–H and O–H groups in total. The molecule has 0 aliphatic rings. The van der Waals surface area contributed by atoms with Crippen molar-refractivity contribution in [2.75, 3.05) is 0 Å². The van der Waals surface area contributed by atoms with E-state index in [4.69, 9.17) is 11.6 Å². The van der Waals surface area contributed by atoms with Crippen molar-refractivity contribution in [1.82, 2.24) is 9.55 Å². The number of benzene rings is 2. The Labute approximate surface area is 145 Å². The van der Waals surface area contributed by atoms with Crippen molar-refractivity contribution < 1.29 is 0 Å². The maximum atomic E-state index is 12.6. The predicted molar refractivity (Wildman–Crippen MR) is 93.1 cm³/mol. The minimum Gasteiger partial charge on any atom is -0.279 e. The van der Waals surface area contributed by atoms with Gasteiger partial charge in [0.25, 0.3) is 5.56 Å². The maximum absolute atomic E-state index is 12.6. The molecule has 0 atom stereocenters. The summed E-state index contributed by atoms with van der Waals surface area (Å²) >= 11 is 10.8. The van der Waals surface area contributed by atoms with Crippen LogP contribution in [0.15, 0.2) is 80.0 Å². The Morgan fingerprint density at radius 3 is 2.59 bits per heavy atom. The molecule has 22 heavy (non-hydrogen) atoms. The van der Waals surface area contributed by atoms with Crippen molar-refractivity contribution in [3.05, 3.63) is 80.8 Å². The zero-order valence-electron chi connectivity index (χ0n) is 11.2. The minimum absolute atomic E-state index is 0.198. The Morgan fingerprint density at radius 1 is 1.09 bits per heavy atom. The van der Waals surface area contributed by atoms with Gasteiger partial charge in [-0.2, -0.15) is 0 Å². The lowest BCUT2D eigenvalue weighted by atomic mass is 10.3. The van der Waals surface area contributed by atoms with Crippen molar-refractivity contribution in [3.8, 4) is 5.69 Å². The third kappa shape index (κ3) is 3.43. The van der Waals surface area contributed by atoms with Crippen LogP contribution in [0.25, 0.3) is 5.69 Å². The second-order valence-corrected chi connectivity index (χ2v) is 6.80. The molecule has 110 valence electrons. The van der Waals surface area contributed by atoms with Crippen molar-refractivity contribution in [2.24, 2.45) is 0 Å². The zero-order chi connectivity index (χ0) is 15.5. The van der Waals surface area contributed by atoms with Crippen molar-refractivity contribution in [1.29, 1.82) is 0 Å². The van der Waals surface area contributed by atoms with E-state index in [1.54, 1.807) is 0 Å². The molecule has 6 heteroatoms. The Bertz CT molecular complexity index is 868. The van der Waals surface area contributed by atoms with Gasteiger partial charge in [0.15, 0.2) is 5.03 Å². The smallest absolute Gasteiger partial charge is 0.279 e. The molecule has 0 radical (unpaired) electrons. The fourth-order valence-corrected chi connectivity index (χ4v) is 3.39. The van der Waals surface area contributed by atoms with Crippen LogP contribution in [0.4, 0.5) is 0 Å². The zero-order valence-corrected chi connectivity index (χ0v) is 14.4. The lowest BCUT2D eigenvalue weighted by Gasteiger charge is -2.09. The van der Waals surface area contributed by atoms with Crippen LogP contribution in [-0.4, -0.2) is 9.55 Å². The van der Waals surface area contributed by atoms with Crippen LogP contribution in [0.3, 0.4) is 0 Å². The predicted octanol–water partition coefficient (Wildman–Crippen LogP) is 4.80. The molecule has 0 unspecified atom stereocenters. The molecule has 3 rings (SSSR count). The van der Waals surface area contributed by atoms with E-state index >= 15 is 0 Å². The molecule has 0 aliphatic carbocycles. The Hall–Kier alpha value is -1.56. The van der Waals surface area contributed by atoms with E-state index in [0.29, 0.717) is 5.03 Å². The SMILES string of the molecule is O=c1c(Sc2ccccc2)nc(Cl)cn1-c1cccc(Br)c1. The number of rotatable bonds is 3. The Kier molecular flexibility index (Phi) is 4.66. The van der Waals surface area contributed by atoms with E-state index in [1.165, 1.54) is 22.5 Å². The summed E-state index contributed by atoms with van der Waals surface area (Å²) in [6.45, 7) is 0. The van der Waals surface area contributed by atoms with Gasteiger partial charge in [-0.3, -0.25) is 9.36 Å². The first-order chi connectivity index (χ1) is 10.6. The number of nitrogens with zero attached hydrogens (tertiary/aromatic N) is 2. The monoisotopic (exact) mass is 392 g/mol. The second-order valence-electron chi connectivity index (χ2n) is 4.44. The van der Waals surface area contributed by atoms with Gasteiger partial charge in [0.05, 0.1) is 6.20 Å². The van der Waals surface area contributed by atoms with Gasteiger partial charge in [0.2, 0.25) is 0 Å². The van der Waals surface area contributed by atoms with E-state index < -0.39 is 0 Å². The summed E-state index contributed by atoms with van der Waals surface area (Å²) in [5, 5.41) is 0.622. The lowest BCUT2D eigenvalue weighted by Crippen LogP contribution is -2.20. The van der Waals surface area contributed by atoms with Gasteiger partial charge in [-0.1, -0.05) is 63.6 Å². The fourth-order valence-electron chi connectivity index (χ4n) is 1.93. The number of halogens is 2. The summed E-state index contributed by atoms with van der Waals surface area (Å²) in [4.78, 5) is 17.7. The highest BCUT2D eigenvalue weighted by atomic mass is 79.9. The van der Waals surface area contributed by atoms with Crippen LogP contribution in [0.5, 0.6) is 0 Å². The summed E-state index contributed by atoms with van der Waals surface area (Å²) in [5.41, 5.74) is 0.537. The lowest BCUT2D eigenvalue weighted by molar-refractivity contribution is 0.882. The second kappa shape index (κ2) is 6.69. The summed E-state index contributed by atoms with van der Waals surface area (Å²) in [6.07, 6.45) is 1.53. The summed E-state index contributed by atoms with van der Waals surface area (Å²) in [6, 6.07) is 17.1. The molecule has 1 heterocycles. The number of hydrogen-bond donors (Lipinski definition) is 0. The number of hydrogen-bond acceptors (Lipinski definition) is 3. The quantitative estimate of drug-likeness (QED) is 0.641. The summed E-state index contributed by atoms with van der Waals surface area (Å²) in [7, 11) is 0. The molecule has 3 nitrogen and oxygen atoms in total. The van der Waals surface area contributed by atoms with Crippen molar-refractivity contribution in [2.45, 2.75) is 9.92 Å². The molecule has 0 saturated heterocycles. The highest BCUT2D eigenvalue weighted by Crippen LogP contribution is 2.25. The topological polar surface area (TPSA) is 34.9 Å². The molecular weight excluding hydrogens is 384 g/mol. The van der Waals surface area contributed by atoms with E-state index in [-0.39, 0.29) is 10.7 Å². The van der Waals surface area contributed by atoms with Gasteiger partial charge in [-0.25, -0.2) is 4.98 Å². The highest BCUT2D eigenvalue weighted by Gasteiger charge is 2.11. The minimum atomic E-state index is -0.198.